The first kappa shape index (κ1) is 17.0. The predicted molar refractivity (Wildman–Crippen MR) is 75.0 cm³/mol. The molecule has 0 saturated carbocycles. The lowest BCUT2D eigenvalue weighted by atomic mass is 10.3. The molecular formula is C12H18F2N4O3. The van der Waals surface area contributed by atoms with Crippen LogP contribution in [0.2, 0.25) is 0 Å². The van der Waals surface area contributed by atoms with Gasteiger partial charge in [0.25, 0.3) is 12.1 Å². The molecule has 0 aliphatic heterocycles. The number of nitrogens with zero attached hydrogens (tertiary/aromatic N) is 3. The number of rotatable bonds is 9. The normalized spacial score (nSPS) is 10.7. The first-order valence-electron chi connectivity index (χ1n) is 6.52. The highest BCUT2D eigenvalue weighted by atomic mass is 19.3. The molecule has 0 bridgehead atoms. The highest BCUT2D eigenvalue weighted by Gasteiger charge is 2.18. The van der Waals surface area contributed by atoms with Gasteiger partial charge < -0.3 is 15.3 Å². The monoisotopic (exact) mass is 304 g/mol. The van der Waals surface area contributed by atoms with E-state index in [2.05, 4.69) is 10.3 Å². The average molecular weight is 304 g/mol. The number of aliphatic hydroxyl groups excluding tert-OH is 1. The molecule has 0 saturated heterocycles. The first-order chi connectivity index (χ1) is 9.97. The molecule has 2 N–H and O–H groups in total. The van der Waals surface area contributed by atoms with Crippen LogP contribution < -0.4 is 10.2 Å². The number of aromatic nitrogens is 1. The molecule has 0 aromatic carbocycles. The number of pyridine rings is 1. The number of hydrogen-bond acceptors (Lipinski definition) is 6. The second-order valence-electron chi connectivity index (χ2n) is 4.31. The fourth-order valence-corrected chi connectivity index (χ4v) is 1.70. The van der Waals surface area contributed by atoms with Gasteiger partial charge in [0.15, 0.2) is 0 Å². The number of hydrogen-bond donors (Lipinski definition) is 2. The van der Waals surface area contributed by atoms with Crippen molar-refractivity contribution in [3.8, 4) is 0 Å². The molecule has 0 aliphatic rings. The van der Waals surface area contributed by atoms with E-state index in [-0.39, 0.29) is 30.5 Å². The standard InChI is InChI=1S/C12H18F2N4O3/c1-2-3-15-11-6-9(18(20)21)7-12(16-11)17(4-5-19)8-10(13)14/h6-7,10,19H,2-5,8H2,1H3,(H,15,16). The maximum Gasteiger partial charge on any atom is 0.276 e. The van der Waals surface area contributed by atoms with E-state index in [9.17, 15) is 18.9 Å². The maximum atomic E-state index is 12.6. The van der Waals surface area contributed by atoms with Crippen molar-refractivity contribution >= 4 is 17.3 Å². The third kappa shape index (κ3) is 5.46. The molecule has 118 valence electrons. The molecule has 9 heteroatoms. The molecule has 0 amide bonds. The van der Waals surface area contributed by atoms with Crippen LogP contribution in [0.1, 0.15) is 13.3 Å². The number of alkyl halides is 2. The fourth-order valence-electron chi connectivity index (χ4n) is 1.70. The van der Waals surface area contributed by atoms with Crippen molar-refractivity contribution in [2.75, 3.05) is 36.5 Å². The Morgan fingerprint density at radius 1 is 1.52 bits per heavy atom. The van der Waals surface area contributed by atoms with Crippen molar-refractivity contribution in [3.63, 3.8) is 0 Å². The van der Waals surface area contributed by atoms with Crippen LogP contribution in [-0.4, -0.2) is 47.7 Å². The van der Waals surface area contributed by atoms with Gasteiger partial charge >= 0.3 is 0 Å². The van der Waals surface area contributed by atoms with Gasteiger partial charge in [0.2, 0.25) is 0 Å². The van der Waals surface area contributed by atoms with Crippen LogP contribution >= 0.6 is 0 Å². The van der Waals surface area contributed by atoms with Gasteiger partial charge in [-0.3, -0.25) is 10.1 Å². The van der Waals surface area contributed by atoms with Gasteiger partial charge in [-0.1, -0.05) is 6.92 Å². The van der Waals surface area contributed by atoms with Crippen molar-refractivity contribution < 1.29 is 18.8 Å². The second kappa shape index (κ2) is 8.30. The minimum absolute atomic E-state index is 0.0390. The van der Waals surface area contributed by atoms with E-state index in [1.807, 2.05) is 6.92 Å². The lowest BCUT2D eigenvalue weighted by molar-refractivity contribution is -0.384. The number of aliphatic hydroxyl groups is 1. The summed E-state index contributed by atoms with van der Waals surface area (Å²) in [6.45, 7) is 1.39. The molecule has 0 fully saturated rings. The Bertz CT molecular complexity index is 474. The largest absolute Gasteiger partial charge is 0.395 e. The summed E-state index contributed by atoms with van der Waals surface area (Å²) >= 11 is 0. The summed E-state index contributed by atoms with van der Waals surface area (Å²) in [5.74, 6) is 0.287. The number of nitrogens with one attached hydrogen (secondary N) is 1. The van der Waals surface area contributed by atoms with Crippen molar-refractivity contribution in [2.45, 2.75) is 19.8 Å². The van der Waals surface area contributed by atoms with Gasteiger partial charge in [-0.2, -0.15) is 0 Å². The highest BCUT2D eigenvalue weighted by Crippen LogP contribution is 2.23. The predicted octanol–water partition coefficient (Wildman–Crippen LogP) is 1.88. The van der Waals surface area contributed by atoms with E-state index in [1.54, 1.807) is 0 Å². The summed E-state index contributed by atoms with van der Waals surface area (Å²) < 4.78 is 25.1. The SMILES string of the molecule is CCCNc1cc([N+](=O)[O-])cc(N(CCO)CC(F)F)n1. The second-order valence-corrected chi connectivity index (χ2v) is 4.31. The molecule has 1 heterocycles. The Balaban J connectivity index is 3.11. The first-order valence-corrected chi connectivity index (χ1v) is 6.52. The Hall–Kier alpha value is -2.03. The molecule has 1 rings (SSSR count). The van der Waals surface area contributed by atoms with E-state index in [0.29, 0.717) is 6.54 Å². The summed E-state index contributed by atoms with van der Waals surface area (Å²) in [6.07, 6.45) is -1.85. The smallest absolute Gasteiger partial charge is 0.276 e. The molecule has 21 heavy (non-hydrogen) atoms. The summed E-state index contributed by atoms with van der Waals surface area (Å²) in [6, 6.07) is 2.37. The summed E-state index contributed by atoms with van der Waals surface area (Å²) in [5, 5.41) is 22.7. The molecule has 0 radical (unpaired) electrons. The lowest BCUT2D eigenvalue weighted by Crippen LogP contribution is -2.32. The molecular weight excluding hydrogens is 286 g/mol. The fraction of sp³-hybridized carbons (Fsp3) is 0.583. The Morgan fingerprint density at radius 3 is 2.76 bits per heavy atom. The molecule has 1 aromatic heterocycles. The van der Waals surface area contributed by atoms with E-state index in [1.165, 1.54) is 6.07 Å². The minimum atomic E-state index is -2.63. The topological polar surface area (TPSA) is 91.5 Å². The third-order valence-corrected chi connectivity index (χ3v) is 2.62. The van der Waals surface area contributed by atoms with Gasteiger partial charge in [0.05, 0.1) is 30.2 Å². The summed E-state index contributed by atoms with van der Waals surface area (Å²) in [5.41, 5.74) is -0.240. The maximum absolute atomic E-state index is 12.6. The summed E-state index contributed by atoms with van der Waals surface area (Å²) in [4.78, 5) is 15.5. The molecule has 0 aliphatic carbocycles. The van der Waals surface area contributed by atoms with Crippen molar-refractivity contribution in [1.82, 2.24) is 4.98 Å². The van der Waals surface area contributed by atoms with Crippen LogP contribution in [0.4, 0.5) is 26.1 Å². The van der Waals surface area contributed by atoms with E-state index >= 15 is 0 Å². The molecule has 7 nitrogen and oxygen atoms in total. The zero-order valence-corrected chi connectivity index (χ0v) is 11.6. The number of anilines is 2. The molecule has 0 atom stereocenters. The van der Waals surface area contributed by atoms with Gasteiger partial charge in [0.1, 0.15) is 11.6 Å². The van der Waals surface area contributed by atoms with Crippen molar-refractivity contribution in [3.05, 3.63) is 22.2 Å². The van der Waals surface area contributed by atoms with Crippen LogP contribution in [0.25, 0.3) is 0 Å². The van der Waals surface area contributed by atoms with Gasteiger partial charge in [0, 0.05) is 13.1 Å². The van der Waals surface area contributed by atoms with E-state index in [0.717, 1.165) is 17.4 Å². The third-order valence-electron chi connectivity index (χ3n) is 2.62. The van der Waals surface area contributed by atoms with Gasteiger partial charge in [-0.15, -0.1) is 0 Å². The van der Waals surface area contributed by atoms with Gasteiger partial charge in [-0.25, -0.2) is 13.8 Å². The van der Waals surface area contributed by atoms with Crippen LogP contribution in [-0.2, 0) is 0 Å². The number of halogens is 2. The average Bonchev–Trinajstić information content (AvgIpc) is 2.43. The molecule has 1 aromatic rings. The van der Waals surface area contributed by atoms with E-state index < -0.39 is 17.9 Å². The van der Waals surface area contributed by atoms with E-state index in [4.69, 9.17) is 5.11 Å². The minimum Gasteiger partial charge on any atom is -0.395 e. The van der Waals surface area contributed by atoms with Crippen molar-refractivity contribution in [1.29, 1.82) is 0 Å². The molecule has 0 spiro atoms. The lowest BCUT2D eigenvalue weighted by Gasteiger charge is -2.22. The highest BCUT2D eigenvalue weighted by molar-refractivity contribution is 5.56. The van der Waals surface area contributed by atoms with Crippen LogP contribution in [0.5, 0.6) is 0 Å². The number of nitro groups is 1. The van der Waals surface area contributed by atoms with Crippen LogP contribution in [0, 0.1) is 10.1 Å². The quantitative estimate of drug-likeness (QED) is 0.534. The molecule has 0 unspecified atom stereocenters. The Labute approximate surface area is 120 Å². The zero-order chi connectivity index (χ0) is 15.8. The van der Waals surface area contributed by atoms with Crippen molar-refractivity contribution in [2.24, 2.45) is 0 Å². The van der Waals surface area contributed by atoms with Crippen LogP contribution in [0.15, 0.2) is 12.1 Å². The van der Waals surface area contributed by atoms with Crippen LogP contribution in [0.3, 0.4) is 0 Å². The van der Waals surface area contributed by atoms with Gasteiger partial charge in [-0.05, 0) is 6.42 Å². The summed E-state index contributed by atoms with van der Waals surface area (Å²) in [7, 11) is 0. The Kier molecular flexibility index (Phi) is 6.73. The Morgan fingerprint density at radius 2 is 2.24 bits per heavy atom. The zero-order valence-electron chi connectivity index (χ0n) is 11.6.